The van der Waals surface area contributed by atoms with Crippen molar-refractivity contribution in [1.29, 1.82) is 0 Å². The molecule has 0 aliphatic carbocycles. The molecule has 33 heavy (non-hydrogen) atoms. The van der Waals surface area contributed by atoms with Crippen LogP contribution in [0.4, 0.5) is 4.79 Å². The van der Waals surface area contributed by atoms with Crippen molar-refractivity contribution in [2.24, 2.45) is 0 Å². The molecule has 2 atom stereocenters. The smallest absolute Gasteiger partial charge is 0.409 e. The van der Waals surface area contributed by atoms with Gasteiger partial charge in [-0.25, -0.2) is 9.59 Å². The predicted octanol–water partition coefficient (Wildman–Crippen LogP) is 1.92. The Morgan fingerprint density at radius 1 is 1.18 bits per heavy atom. The van der Waals surface area contributed by atoms with Crippen molar-refractivity contribution >= 4 is 35.6 Å². The minimum absolute atomic E-state index is 0.0822. The first-order chi connectivity index (χ1) is 15.5. The second kappa shape index (κ2) is 9.86. The maximum atomic E-state index is 13.0. The Morgan fingerprint density at radius 2 is 1.85 bits per heavy atom. The molecule has 2 heterocycles. The molecular formula is C23H29N3O6S. The molecule has 0 spiro atoms. The first-order valence-corrected chi connectivity index (χ1v) is 11.6. The monoisotopic (exact) mass is 475 g/mol. The van der Waals surface area contributed by atoms with Crippen molar-refractivity contribution in [3.63, 3.8) is 0 Å². The van der Waals surface area contributed by atoms with E-state index in [1.807, 2.05) is 30.3 Å². The third-order valence-electron chi connectivity index (χ3n) is 4.90. The van der Waals surface area contributed by atoms with Gasteiger partial charge in [0.15, 0.2) is 0 Å². The molecule has 0 bridgehead atoms. The van der Waals surface area contributed by atoms with Gasteiger partial charge in [0.05, 0.1) is 6.42 Å². The SMILES string of the molecule is CN(C)C(=O)OCC1=C(C(=O)OC(C)(C)C)N2C(=O)C(NC(=O)Cc3ccccc3)[C@@H]2SC1. The van der Waals surface area contributed by atoms with Crippen LogP contribution in [0.1, 0.15) is 26.3 Å². The summed E-state index contributed by atoms with van der Waals surface area (Å²) in [5, 5.41) is 2.35. The summed E-state index contributed by atoms with van der Waals surface area (Å²) in [6.07, 6.45) is -0.401. The lowest BCUT2D eigenvalue weighted by atomic mass is 10.0. The summed E-state index contributed by atoms with van der Waals surface area (Å²) in [4.78, 5) is 53.0. The second-order valence-corrected chi connectivity index (χ2v) is 10.1. The zero-order valence-electron chi connectivity index (χ0n) is 19.4. The van der Waals surface area contributed by atoms with Crippen LogP contribution in [0.5, 0.6) is 0 Å². The summed E-state index contributed by atoms with van der Waals surface area (Å²) in [7, 11) is 3.11. The van der Waals surface area contributed by atoms with E-state index >= 15 is 0 Å². The van der Waals surface area contributed by atoms with Crippen LogP contribution in [-0.2, 0) is 30.3 Å². The van der Waals surface area contributed by atoms with Crippen molar-refractivity contribution in [2.45, 2.75) is 44.2 Å². The quantitative estimate of drug-likeness (QED) is 0.495. The molecule has 178 valence electrons. The molecule has 3 rings (SSSR count). The van der Waals surface area contributed by atoms with E-state index in [1.165, 1.54) is 21.6 Å². The van der Waals surface area contributed by atoms with Gasteiger partial charge in [-0.3, -0.25) is 14.5 Å². The fourth-order valence-corrected chi connectivity index (χ4v) is 4.72. The van der Waals surface area contributed by atoms with Crippen molar-refractivity contribution in [1.82, 2.24) is 15.1 Å². The van der Waals surface area contributed by atoms with Gasteiger partial charge in [0.2, 0.25) is 5.91 Å². The summed E-state index contributed by atoms with van der Waals surface area (Å²) in [5.74, 6) is -0.972. The van der Waals surface area contributed by atoms with Crippen LogP contribution in [0.25, 0.3) is 0 Å². The molecule has 1 saturated heterocycles. The number of hydrogen-bond donors (Lipinski definition) is 1. The Labute approximate surface area is 197 Å². The van der Waals surface area contributed by atoms with Crippen LogP contribution in [0.3, 0.4) is 0 Å². The number of carbonyl (C=O) groups is 4. The average Bonchev–Trinajstić information content (AvgIpc) is 2.74. The van der Waals surface area contributed by atoms with Crippen molar-refractivity contribution in [3.8, 4) is 0 Å². The number of carbonyl (C=O) groups excluding carboxylic acids is 4. The minimum atomic E-state index is -0.771. The lowest BCUT2D eigenvalue weighted by molar-refractivity contribution is -0.159. The number of β-lactam (4-membered cyclic amide) rings is 1. The van der Waals surface area contributed by atoms with Crippen molar-refractivity contribution in [3.05, 3.63) is 47.2 Å². The highest BCUT2D eigenvalue weighted by molar-refractivity contribution is 8.00. The zero-order chi connectivity index (χ0) is 24.3. The molecule has 9 nitrogen and oxygen atoms in total. The Morgan fingerprint density at radius 3 is 2.45 bits per heavy atom. The van der Waals surface area contributed by atoms with E-state index in [4.69, 9.17) is 9.47 Å². The van der Waals surface area contributed by atoms with E-state index in [0.29, 0.717) is 11.3 Å². The molecule has 2 aliphatic rings. The highest BCUT2D eigenvalue weighted by atomic mass is 32.2. The molecule has 1 aromatic carbocycles. The molecule has 0 saturated carbocycles. The summed E-state index contributed by atoms with van der Waals surface area (Å²) in [5.41, 5.74) is 0.642. The molecule has 0 radical (unpaired) electrons. The molecule has 1 fully saturated rings. The van der Waals surface area contributed by atoms with Gasteiger partial charge in [0, 0.05) is 25.4 Å². The third-order valence-corrected chi connectivity index (χ3v) is 6.24. The Bertz CT molecular complexity index is 970. The van der Waals surface area contributed by atoms with Gasteiger partial charge in [0.25, 0.3) is 5.91 Å². The summed E-state index contributed by atoms with van der Waals surface area (Å²) < 4.78 is 10.8. The van der Waals surface area contributed by atoms with Gasteiger partial charge in [-0.2, -0.15) is 0 Å². The number of amides is 3. The van der Waals surface area contributed by atoms with Gasteiger partial charge >= 0.3 is 12.1 Å². The Hall–Kier alpha value is -3.01. The van der Waals surface area contributed by atoms with Crippen LogP contribution in [0, 0.1) is 0 Å². The van der Waals surface area contributed by atoms with Crippen LogP contribution >= 0.6 is 11.8 Å². The topological polar surface area (TPSA) is 105 Å². The lowest BCUT2D eigenvalue weighted by Gasteiger charge is -2.50. The molecule has 3 amide bonds. The third kappa shape index (κ3) is 5.87. The molecule has 10 heteroatoms. The fraction of sp³-hybridized carbons (Fsp3) is 0.478. The molecule has 1 unspecified atom stereocenters. The number of fused-ring (bicyclic) bond motifs is 1. The molecule has 1 N–H and O–H groups in total. The number of hydrogen-bond acceptors (Lipinski definition) is 7. The molecule has 1 aromatic rings. The van der Waals surface area contributed by atoms with Gasteiger partial charge in [-0.05, 0) is 26.3 Å². The predicted molar refractivity (Wildman–Crippen MR) is 123 cm³/mol. The van der Waals surface area contributed by atoms with Gasteiger partial charge < -0.3 is 19.7 Å². The number of nitrogens with one attached hydrogen (secondary N) is 1. The van der Waals surface area contributed by atoms with Crippen molar-refractivity contribution in [2.75, 3.05) is 26.5 Å². The number of nitrogens with zero attached hydrogens (tertiary/aromatic N) is 2. The molecular weight excluding hydrogens is 446 g/mol. The molecule has 0 aromatic heterocycles. The minimum Gasteiger partial charge on any atom is -0.455 e. The zero-order valence-corrected chi connectivity index (χ0v) is 20.2. The van der Waals surface area contributed by atoms with E-state index in [9.17, 15) is 19.2 Å². The first kappa shape index (κ1) is 24.6. The summed E-state index contributed by atoms with van der Waals surface area (Å²) in [6, 6.07) is 8.50. The van der Waals surface area contributed by atoms with Gasteiger partial charge in [-0.15, -0.1) is 11.8 Å². The van der Waals surface area contributed by atoms with Gasteiger partial charge in [0.1, 0.15) is 29.3 Å². The number of rotatable bonds is 6. The van der Waals surface area contributed by atoms with E-state index in [2.05, 4.69) is 5.32 Å². The largest absolute Gasteiger partial charge is 0.455 e. The normalized spacial score (nSPS) is 19.9. The highest BCUT2D eigenvalue weighted by Crippen LogP contribution is 2.41. The Kier molecular flexibility index (Phi) is 7.36. The summed E-state index contributed by atoms with van der Waals surface area (Å²) in [6.45, 7) is 5.06. The molecule has 2 aliphatic heterocycles. The number of esters is 1. The maximum Gasteiger partial charge on any atom is 0.409 e. The maximum absolute atomic E-state index is 13.0. The van der Waals surface area contributed by atoms with Crippen LogP contribution in [0.2, 0.25) is 0 Å². The second-order valence-electron chi connectivity index (χ2n) is 9.02. The fourth-order valence-electron chi connectivity index (χ4n) is 3.39. The van der Waals surface area contributed by atoms with E-state index in [-0.39, 0.29) is 24.6 Å². The number of ether oxygens (including phenoxy) is 2. The van der Waals surface area contributed by atoms with Crippen LogP contribution in [-0.4, -0.2) is 77.1 Å². The average molecular weight is 476 g/mol. The summed E-state index contributed by atoms with van der Waals surface area (Å²) >= 11 is 1.40. The number of thioether (sulfide) groups is 1. The standard InChI is InChI=1S/C23H29N3O6S/c1-23(2,3)32-21(29)18-15(12-31-22(30)25(4)5)13-33-20-17(19(28)26(18)20)24-16(27)11-14-9-7-6-8-10-14/h6-10,17,20H,11-13H2,1-5H3,(H,24,27)/t17?,20-/m0/s1. The first-order valence-electron chi connectivity index (χ1n) is 10.6. The van der Waals surface area contributed by atoms with Crippen molar-refractivity contribution < 1.29 is 28.7 Å². The van der Waals surface area contributed by atoms with E-state index in [0.717, 1.165) is 5.56 Å². The van der Waals surface area contributed by atoms with E-state index < -0.39 is 35.0 Å². The van der Waals surface area contributed by atoms with E-state index in [1.54, 1.807) is 34.9 Å². The highest BCUT2D eigenvalue weighted by Gasteiger charge is 2.54. The van der Waals surface area contributed by atoms with Crippen LogP contribution in [0.15, 0.2) is 41.6 Å². The number of benzene rings is 1. The van der Waals surface area contributed by atoms with Crippen LogP contribution < -0.4 is 5.32 Å². The Balaban J connectivity index is 1.76. The lowest BCUT2D eigenvalue weighted by Crippen LogP contribution is -2.71. The van der Waals surface area contributed by atoms with Gasteiger partial charge in [-0.1, -0.05) is 30.3 Å².